The summed E-state index contributed by atoms with van der Waals surface area (Å²) in [7, 11) is -2.93. The predicted molar refractivity (Wildman–Crippen MR) is 77.9 cm³/mol. The standard InChI is InChI=1S/C13H25N3O2S/c1-4-7-14-10-12-11-15-16(13(12)5-2)8-9-19(17,18)6-3/h11,14H,4-10H2,1-3H3. The van der Waals surface area contributed by atoms with Gasteiger partial charge in [0.15, 0.2) is 9.84 Å². The molecule has 110 valence electrons. The van der Waals surface area contributed by atoms with Crippen LogP contribution in [0.4, 0.5) is 0 Å². The lowest BCUT2D eigenvalue weighted by atomic mass is 10.2. The molecule has 0 saturated heterocycles. The molecule has 0 radical (unpaired) electrons. The summed E-state index contributed by atoms with van der Waals surface area (Å²) in [6, 6.07) is 0. The second-order valence-electron chi connectivity index (χ2n) is 4.61. The van der Waals surface area contributed by atoms with E-state index in [4.69, 9.17) is 0 Å². The smallest absolute Gasteiger partial charge is 0.151 e. The third kappa shape index (κ3) is 4.95. The Morgan fingerprint density at radius 1 is 1.32 bits per heavy atom. The van der Waals surface area contributed by atoms with Crippen LogP contribution in [-0.4, -0.2) is 36.2 Å². The lowest BCUT2D eigenvalue weighted by molar-refractivity contribution is 0.574. The average Bonchev–Trinajstić information content (AvgIpc) is 2.79. The summed E-state index contributed by atoms with van der Waals surface area (Å²) in [5.74, 6) is 0.362. The highest BCUT2D eigenvalue weighted by molar-refractivity contribution is 7.91. The lowest BCUT2D eigenvalue weighted by Crippen LogP contribution is -2.18. The highest BCUT2D eigenvalue weighted by Gasteiger charge is 2.12. The molecule has 0 aliphatic carbocycles. The molecule has 19 heavy (non-hydrogen) atoms. The number of nitrogens with zero attached hydrogens (tertiary/aromatic N) is 2. The molecule has 1 N–H and O–H groups in total. The van der Waals surface area contributed by atoms with Crippen molar-refractivity contribution in [3.8, 4) is 0 Å². The molecular formula is C13H25N3O2S. The molecule has 0 atom stereocenters. The minimum absolute atomic E-state index is 0.167. The van der Waals surface area contributed by atoms with Gasteiger partial charge in [0.2, 0.25) is 0 Å². The fourth-order valence-electron chi connectivity index (χ4n) is 1.97. The van der Waals surface area contributed by atoms with Crippen LogP contribution in [0.15, 0.2) is 6.20 Å². The van der Waals surface area contributed by atoms with E-state index in [-0.39, 0.29) is 11.5 Å². The predicted octanol–water partition coefficient (Wildman–Crippen LogP) is 1.38. The summed E-state index contributed by atoms with van der Waals surface area (Å²) in [5, 5.41) is 7.67. The van der Waals surface area contributed by atoms with Crippen molar-refractivity contribution in [1.82, 2.24) is 15.1 Å². The van der Waals surface area contributed by atoms with Crippen LogP contribution in [-0.2, 0) is 29.3 Å². The van der Waals surface area contributed by atoms with Gasteiger partial charge in [-0.15, -0.1) is 0 Å². The molecule has 0 amide bonds. The first-order chi connectivity index (χ1) is 9.04. The zero-order valence-electron chi connectivity index (χ0n) is 12.1. The van der Waals surface area contributed by atoms with E-state index in [0.29, 0.717) is 6.54 Å². The summed E-state index contributed by atoms with van der Waals surface area (Å²) in [6.45, 7) is 8.13. The summed E-state index contributed by atoms with van der Waals surface area (Å²) >= 11 is 0. The van der Waals surface area contributed by atoms with Gasteiger partial charge in [-0.2, -0.15) is 5.10 Å². The van der Waals surface area contributed by atoms with E-state index in [9.17, 15) is 8.42 Å². The fraction of sp³-hybridized carbons (Fsp3) is 0.769. The van der Waals surface area contributed by atoms with E-state index in [1.807, 2.05) is 10.9 Å². The Morgan fingerprint density at radius 3 is 2.63 bits per heavy atom. The maximum Gasteiger partial charge on any atom is 0.151 e. The number of hydrogen-bond donors (Lipinski definition) is 1. The molecule has 1 aromatic heterocycles. The van der Waals surface area contributed by atoms with E-state index >= 15 is 0 Å². The summed E-state index contributed by atoms with van der Waals surface area (Å²) in [4.78, 5) is 0. The highest BCUT2D eigenvalue weighted by Crippen LogP contribution is 2.10. The van der Waals surface area contributed by atoms with Crippen LogP contribution in [0.5, 0.6) is 0 Å². The molecule has 0 aliphatic rings. The van der Waals surface area contributed by atoms with Crippen LogP contribution in [0.2, 0.25) is 0 Å². The Kier molecular flexibility index (Phi) is 6.51. The number of aryl methyl sites for hydroxylation is 1. The Labute approximate surface area is 116 Å². The molecule has 6 heteroatoms. The first-order valence-electron chi connectivity index (χ1n) is 6.98. The van der Waals surface area contributed by atoms with Gasteiger partial charge in [-0.3, -0.25) is 4.68 Å². The molecule has 1 aromatic rings. The molecule has 1 rings (SSSR count). The first-order valence-corrected chi connectivity index (χ1v) is 8.80. The molecule has 0 spiro atoms. The van der Waals surface area contributed by atoms with Crippen LogP contribution in [0.25, 0.3) is 0 Å². The quantitative estimate of drug-likeness (QED) is 0.697. The monoisotopic (exact) mass is 287 g/mol. The largest absolute Gasteiger partial charge is 0.313 e. The van der Waals surface area contributed by atoms with Crippen molar-refractivity contribution in [3.63, 3.8) is 0 Å². The normalized spacial score (nSPS) is 11.9. The molecule has 0 aliphatic heterocycles. The Balaban J connectivity index is 2.69. The first kappa shape index (κ1) is 16.2. The van der Waals surface area contributed by atoms with Gasteiger partial charge in [0, 0.05) is 23.6 Å². The molecular weight excluding hydrogens is 262 g/mol. The highest BCUT2D eigenvalue weighted by atomic mass is 32.2. The summed E-state index contributed by atoms with van der Waals surface area (Å²) in [5.41, 5.74) is 2.31. The van der Waals surface area contributed by atoms with E-state index in [1.165, 1.54) is 5.56 Å². The van der Waals surface area contributed by atoms with Crippen LogP contribution in [0.3, 0.4) is 0 Å². The Hall–Kier alpha value is -0.880. The van der Waals surface area contributed by atoms with Crippen molar-refractivity contribution in [2.24, 2.45) is 0 Å². The van der Waals surface area contributed by atoms with Gasteiger partial charge in [0.1, 0.15) is 0 Å². The van der Waals surface area contributed by atoms with Crippen molar-refractivity contribution in [1.29, 1.82) is 0 Å². The Morgan fingerprint density at radius 2 is 2.05 bits per heavy atom. The molecule has 0 saturated carbocycles. The van der Waals surface area contributed by atoms with Crippen molar-refractivity contribution < 1.29 is 8.42 Å². The van der Waals surface area contributed by atoms with Gasteiger partial charge in [-0.25, -0.2) is 8.42 Å². The third-order valence-corrected chi connectivity index (χ3v) is 4.85. The van der Waals surface area contributed by atoms with Gasteiger partial charge in [-0.1, -0.05) is 20.8 Å². The molecule has 0 aromatic carbocycles. The zero-order valence-corrected chi connectivity index (χ0v) is 13.0. The second kappa shape index (κ2) is 7.65. The maximum atomic E-state index is 11.5. The number of hydrogen-bond acceptors (Lipinski definition) is 4. The summed E-state index contributed by atoms with van der Waals surface area (Å²) in [6.07, 6.45) is 3.82. The van der Waals surface area contributed by atoms with Gasteiger partial charge in [-0.05, 0) is 19.4 Å². The van der Waals surface area contributed by atoms with Crippen molar-refractivity contribution in [3.05, 3.63) is 17.5 Å². The van der Waals surface area contributed by atoms with Crippen molar-refractivity contribution >= 4 is 9.84 Å². The average molecular weight is 287 g/mol. The van der Waals surface area contributed by atoms with Gasteiger partial charge >= 0.3 is 0 Å². The van der Waals surface area contributed by atoms with Crippen LogP contribution < -0.4 is 5.32 Å². The lowest BCUT2D eigenvalue weighted by Gasteiger charge is -2.08. The van der Waals surface area contributed by atoms with E-state index < -0.39 is 9.84 Å². The van der Waals surface area contributed by atoms with Crippen LogP contribution in [0, 0.1) is 0 Å². The molecule has 1 heterocycles. The van der Waals surface area contributed by atoms with Gasteiger partial charge < -0.3 is 5.32 Å². The minimum atomic E-state index is -2.93. The molecule has 0 bridgehead atoms. The van der Waals surface area contributed by atoms with E-state index in [0.717, 1.165) is 31.6 Å². The number of rotatable bonds is 9. The zero-order chi connectivity index (χ0) is 14.3. The van der Waals surface area contributed by atoms with E-state index in [1.54, 1.807) is 6.92 Å². The maximum absolute atomic E-state index is 11.5. The van der Waals surface area contributed by atoms with E-state index in [2.05, 4.69) is 24.3 Å². The van der Waals surface area contributed by atoms with Crippen LogP contribution in [0.1, 0.15) is 38.4 Å². The Bertz CT molecular complexity index is 480. The van der Waals surface area contributed by atoms with Crippen molar-refractivity contribution in [2.75, 3.05) is 18.1 Å². The second-order valence-corrected chi connectivity index (χ2v) is 7.08. The molecule has 5 nitrogen and oxygen atoms in total. The third-order valence-electron chi connectivity index (χ3n) is 3.17. The minimum Gasteiger partial charge on any atom is -0.313 e. The van der Waals surface area contributed by atoms with Crippen LogP contribution >= 0.6 is 0 Å². The molecule has 0 unspecified atom stereocenters. The fourth-order valence-corrected chi connectivity index (χ4v) is 2.71. The van der Waals surface area contributed by atoms with Gasteiger partial charge in [0.25, 0.3) is 0 Å². The van der Waals surface area contributed by atoms with Crippen molar-refractivity contribution in [2.45, 2.75) is 46.7 Å². The number of sulfone groups is 1. The SMILES string of the molecule is CCCNCc1cnn(CCS(=O)(=O)CC)c1CC. The number of nitrogens with one attached hydrogen (secondary N) is 1. The topological polar surface area (TPSA) is 64.0 Å². The van der Waals surface area contributed by atoms with Gasteiger partial charge in [0.05, 0.1) is 18.5 Å². The molecule has 0 fully saturated rings. The summed E-state index contributed by atoms with van der Waals surface area (Å²) < 4.78 is 24.9. The number of aromatic nitrogens is 2.